The van der Waals surface area contributed by atoms with Crippen molar-refractivity contribution in [1.29, 1.82) is 0 Å². The zero-order valence-electron chi connectivity index (χ0n) is 16.4. The van der Waals surface area contributed by atoms with E-state index in [1.54, 1.807) is 33.9 Å². The van der Waals surface area contributed by atoms with Crippen molar-refractivity contribution < 1.29 is 9.47 Å². The number of aliphatic imine (C=N–C) groups is 1. The maximum absolute atomic E-state index is 5.47. The summed E-state index contributed by atoms with van der Waals surface area (Å²) in [6, 6.07) is 5.85. The van der Waals surface area contributed by atoms with E-state index in [9.17, 15) is 0 Å². The maximum atomic E-state index is 5.47. The van der Waals surface area contributed by atoms with Crippen LogP contribution in [0.1, 0.15) is 18.4 Å². The normalized spacial score (nSPS) is 10.9. The van der Waals surface area contributed by atoms with Crippen LogP contribution in [0.4, 0.5) is 0 Å². The molecule has 9 heteroatoms. The summed E-state index contributed by atoms with van der Waals surface area (Å²) < 4.78 is 12.7. The van der Waals surface area contributed by atoms with Crippen LogP contribution >= 0.6 is 24.0 Å². The van der Waals surface area contributed by atoms with E-state index in [1.165, 1.54) is 0 Å². The van der Waals surface area contributed by atoms with Crippen molar-refractivity contribution in [3.05, 3.63) is 36.4 Å². The van der Waals surface area contributed by atoms with Gasteiger partial charge in [0.2, 0.25) is 0 Å². The van der Waals surface area contributed by atoms with E-state index >= 15 is 0 Å². The quantitative estimate of drug-likeness (QED) is 0.253. The van der Waals surface area contributed by atoms with Crippen LogP contribution < -0.4 is 14.8 Å². The van der Waals surface area contributed by atoms with Crippen molar-refractivity contribution in [3.63, 3.8) is 0 Å². The van der Waals surface area contributed by atoms with Gasteiger partial charge >= 0.3 is 0 Å². The lowest BCUT2D eigenvalue weighted by Crippen LogP contribution is -2.39. The number of nitrogens with zero attached hydrogens (tertiary/aromatic N) is 5. The van der Waals surface area contributed by atoms with Crippen LogP contribution in [-0.4, -0.2) is 60.5 Å². The van der Waals surface area contributed by atoms with Crippen molar-refractivity contribution in [2.24, 2.45) is 4.99 Å². The molecule has 1 aromatic carbocycles. The van der Waals surface area contributed by atoms with Gasteiger partial charge in [-0.15, -0.1) is 34.2 Å². The number of hydrogen-bond donors (Lipinski definition) is 1. The predicted octanol–water partition coefficient (Wildman–Crippen LogP) is 2.40. The highest BCUT2D eigenvalue weighted by atomic mass is 127. The van der Waals surface area contributed by atoms with Gasteiger partial charge < -0.3 is 24.3 Å². The van der Waals surface area contributed by atoms with E-state index in [-0.39, 0.29) is 24.0 Å². The molecular formula is C18H29IN6O2. The predicted molar refractivity (Wildman–Crippen MR) is 117 cm³/mol. The van der Waals surface area contributed by atoms with Crippen molar-refractivity contribution >= 4 is 29.9 Å². The minimum atomic E-state index is 0. The van der Waals surface area contributed by atoms with Gasteiger partial charge in [-0.25, -0.2) is 0 Å². The van der Waals surface area contributed by atoms with E-state index in [4.69, 9.17) is 9.47 Å². The minimum absolute atomic E-state index is 0. The molecule has 0 aliphatic carbocycles. The second-order valence-electron chi connectivity index (χ2n) is 5.91. The Hall–Kier alpha value is -2.04. The molecule has 1 N–H and O–H groups in total. The number of benzene rings is 1. The molecule has 0 atom stereocenters. The number of guanidine groups is 1. The summed E-state index contributed by atoms with van der Waals surface area (Å²) in [4.78, 5) is 6.44. The van der Waals surface area contributed by atoms with Gasteiger partial charge in [-0.05, 0) is 25.0 Å². The number of hydrogen-bond acceptors (Lipinski definition) is 5. The number of unbranched alkanes of at least 4 members (excludes halogenated alkanes) is 1. The summed E-state index contributed by atoms with van der Waals surface area (Å²) in [6.45, 7) is 2.47. The lowest BCUT2D eigenvalue weighted by Gasteiger charge is -2.23. The number of halogens is 1. The number of ether oxygens (including phenoxy) is 2. The first-order valence-electron chi connectivity index (χ1n) is 8.63. The number of aromatic nitrogens is 3. The standard InChI is InChI=1S/C18H28N6O2.HI/c1-19-18(20-9-5-6-10-24-13-21-22-14-24)23(2)12-15-7-8-16(25-3)11-17(15)26-4;/h7-8,11,13-14H,5-6,9-10,12H2,1-4H3,(H,19,20);1H. The molecule has 0 bridgehead atoms. The molecule has 8 nitrogen and oxygen atoms in total. The minimum Gasteiger partial charge on any atom is -0.497 e. The van der Waals surface area contributed by atoms with Crippen molar-refractivity contribution in [3.8, 4) is 11.5 Å². The number of nitrogens with one attached hydrogen (secondary N) is 1. The molecule has 0 aliphatic rings. The van der Waals surface area contributed by atoms with E-state index < -0.39 is 0 Å². The molecule has 2 aromatic rings. The van der Waals surface area contributed by atoms with Crippen molar-refractivity contribution in [2.45, 2.75) is 25.9 Å². The molecule has 0 unspecified atom stereocenters. The first-order chi connectivity index (χ1) is 12.7. The Morgan fingerprint density at radius 2 is 1.93 bits per heavy atom. The van der Waals surface area contributed by atoms with Gasteiger partial charge in [-0.2, -0.15) is 0 Å². The number of rotatable bonds is 9. The molecule has 0 fully saturated rings. The maximum Gasteiger partial charge on any atom is 0.193 e. The molecular weight excluding hydrogens is 459 g/mol. The smallest absolute Gasteiger partial charge is 0.193 e. The van der Waals surface area contributed by atoms with E-state index in [0.29, 0.717) is 6.54 Å². The lowest BCUT2D eigenvalue weighted by molar-refractivity contribution is 0.382. The fourth-order valence-electron chi connectivity index (χ4n) is 2.65. The van der Waals surface area contributed by atoms with Gasteiger partial charge in [0, 0.05) is 45.4 Å². The van der Waals surface area contributed by atoms with Crippen LogP contribution in [-0.2, 0) is 13.1 Å². The molecule has 0 amide bonds. The first kappa shape index (κ1) is 23.0. The molecule has 1 aromatic heterocycles. The second-order valence-corrected chi connectivity index (χ2v) is 5.91. The summed E-state index contributed by atoms with van der Waals surface area (Å²) in [7, 11) is 7.12. The Morgan fingerprint density at radius 3 is 2.56 bits per heavy atom. The average Bonchev–Trinajstić information content (AvgIpc) is 3.18. The summed E-state index contributed by atoms with van der Waals surface area (Å²) in [5.41, 5.74) is 1.08. The summed E-state index contributed by atoms with van der Waals surface area (Å²) in [5.74, 6) is 2.44. The van der Waals surface area contributed by atoms with Crippen molar-refractivity contribution in [1.82, 2.24) is 25.0 Å². The Labute approximate surface area is 178 Å². The van der Waals surface area contributed by atoms with Gasteiger partial charge in [0.1, 0.15) is 24.2 Å². The van der Waals surface area contributed by atoms with Gasteiger partial charge in [0.25, 0.3) is 0 Å². The summed E-state index contributed by atoms with van der Waals surface area (Å²) in [5, 5.41) is 11.0. The third-order valence-corrected chi connectivity index (χ3v) is 4.07. The fraction of sp³-hybridized carbons (Fsp3) is 0.500. The van der Waals surface area contributed by atoms with Crippen LogP contribution in [0.15, 0.2) is 35.8 Å². The molecule has 150 valence electrons. The molecule has 1 heterocycles. The summed E-state index contributed by atoms with van der Waals surface area (Å²) in [6.07, 6.45) is 5.57. The van der Waals surface area contributed by atoms with Gasteiger partial charge in [-0.1, -0.05) is 0 Å². The highest BCUT2D eigenvalue weighted by Crippen LogP contribution is 2.25. The van der Waals surface area contributed by atoms with Gasteiger partial charge in [0.15, 0.2) is 5.96 Å². The Balaban J connectivity index is 0.00000364. The largest absolute Gasteiger partial charge is 0.497 e. The van der Waals surface area contributed by atoms with Crippen LogP contribution in [0, 0.1) is 0 Å². The average molecular weight is 488 g/mol. The number of aryl methyl sites for hydroxylation is 1. The third-order valence-electron chi connectivity index (χ3n) is 4.07. The molecule has 0 radical (unpaired) electrons. The van der Waals surface area contributed by atoms with Crippen LogP contribution in [0.3, 0.4) is 0 Å². The molecule has 2 rings (SSSR count). The zero-order valence-corrected chi connectivity index (χ0v) is 18.7. The van der Waals surface area contributed by atoms with Gasteiger partial charge in [-0.3, -0.25) is 4.99 Å². The van der Waals surface area contributed by atoms with Gasteiger partial charge in [0.05, 0.1) is 14.2 Å². The molecule has 0 saturated heterocycles. The monoisotopic (exact) mass is 488 g/mol. The Kier molecular flexibility index (Phi) is 10.5. The van der Waals surface area contributed by atoms with E-state index in [2.05, 4.69) is 25.4 Å². The third kappa shape index (κ3) is 7.24. The second kappa shape index (κ2) is 12.4. The Morgan fingerprint density at radius 1 is 1.19 bits per heavy atom. The summed E-state index contributed by atoms with van der Waals surface area (Å²) >= 11 is 0. The van der Waals surface area contributed by atoms with E-state index in [0.717, 1.165) is 49.0 Å². The molecule has 0 saturated carbocycles. The lowest BCUT2D eigenvalue weighted by atomic mass is 10.2. The van der Waals surface area contributed by atoms with Crippen LogP contribution in [0.25, 0.3) is 0 Å². The number of methoxy groups -OCH3 is 2. The Bertz CT molecular complexity index is 693. The highest BCUT2D eigenvalue weighted by molar-refractivity contribution is 14.0. The molecule has 0 aliphatic heterocycles. The fourth-order valence-corrected chi connectivity index (χ4v) is 2.65. The van der Waals surface area contributed by atoms with Crippen molar-refractivity contribution in [2.75, 3.05) is 34.9 Å². The molecule has 27 heavy (non-hydrogen) atoms. The SMILES string of the molecule is CN=C(NCCCCn1cnnc1)N(C)Cc1ccc(OC)cc1OC.I. The van der Waals surface area contributed by atoms with Crippen LogP contribution in [0.2, 0.25) is 0 Å². The van der Waals surface area contributed by atoms with E-state index in [1.807, 2.05) is 29.8 Å². The van der Waals surface area contributed by atoms with Crippen LogP contribution in [0.5, 0.6) is 11.5 Å². The zero-order chi connectivity index (χ0) is 18.8. The first-order valence-corrected chi connectivity index (χ1v) is 8.63. The molecule has 0 spiro atoms. The highest BCUT2D eigenvalue weighted by Gasteiger charge is 2.11. The topological polar surface area (TPSA) is 76.8 Å².